The topological polar surface area (TPSA) is 126 Å². The average molecular weight is 492 g/mol. The van der Waals surface area contributed by atoms with Crippen molar-refractivity contribution in [1.29, 1.82) is 5.26 Å². The largest absolute Gasteiger partial charge is 0.493 e. The molecule has 1 saturated heterocycles. The van der Waals surface area contributed by atoms with Gasteiger partial charge in [0.05, 0.1) is 25.0 Å². The van der Waals surface area contributed by atoms with Gasteiger partial charge in [-0.2, -0.15) is 5.26 Å². The standard InChI is InChI=1S/C26H33BN4O5/c1-30-11-13-31(14-12-30)26(33)22(19-28)16-21-8-5-9-23(17-21)36-15-10-25(32)29-24(27(34)35)18-20-6-3-2-4-7-20/h2-9,17,22,24,34-35H,10-16,18H2,1H3,(H,29,32)/t22?,24-/m0/s1. The number of hydrogen-bond donors (Lipinski definition) is 3. The van der Waals surface area contributed by atoms with E-state index >= 15 is 0 Å². The van der Waals surface area contributed by atoms with Gasteiger partial charge >= 0.3 is 7.12 Å². The number of rotatable bonds is 11. The summed E-state index contributed by atoms with van der Waals surface area (Å²) < 4.78 is 5.71. The first-order valence-corrected chi connectivity index (χ1v) is 12.1. The number of carbonyl (C=O) groups excluding carboxylic acids is 2. The molecule has 0 spiro atoms. The minimum absolute atomic E-state index is 0.0327. The van der Waals surface area contributed by atoms with Crippen molar-refractivity contribution in [2.24, 2.45) is 5.92 Å². The van der Waals surface area contributed by atoms with Gasteiger partial charge in [0.25, 0.3) is 0 Å². The molecule has 0 bridgehead atoms. The number of nitrogens with zero attached hydrogens (tertiary/aromatic N) is 3. The van der Waals surface area contributed by atoms with Crippen LogP contribution in [0.4, 0.5) is 0 Å². The van der Waals surface area contributed by atoms with Crippen LogP contribution in [0.5, 0.6) is 5.75 Å². The van der Waals surface area contributed by atoms with Crippen molar-refractivity contribution in [1.82, 2.24) is 15.1 Å². The fourth-order valence-corrected chi connectivity index (χ4v) is 4.07. The van der Waals surface area contributed by atoms with Crippen LogP contribution in [0.1, 0.15) is 17.5 Å². The Hall–Kier alpha value is -3.39. The van der Waals surface area contributed by atoms with E-state index in [4.69, 9.17) is 4.74 Å². The molecule has 2 aromatic rings. The molecule has 0 saturated carbocycles. The SMILES string of the molecule is CN1CCN(C(=O)C(C#N)Cc2cccc(OCCC(=O)N[C@@H](Cc3ccccc3)B(O)O)c2)CC1. The summed E-state index contributed by atoms with van der Waals surface area (Å²) in [4.78, 5) is 29.0. The summed E-state index contributed by atoms with van der Waals surface area (Å²) in [5.74, 6) is -1.57. The van der Waals surface area contributed by atoms with E-state index in [2.05, 4.69) is 16.3 Å². The molecule has 2 atom stereocenters. The van der Waals surface area contributed by atoms with Gasteiger partial charge in [0.15, 0.2) is 0 Å². The van der Waals surface area contributed by atoms with E-state index in [-0.39, 0.29) is 31.3 Å². The fraction of sp³-hybridized carbons (Fsp3) is 0.423. The van der Waals surface area contributed by atoms with Gasteiger partial charge in [-0.3, -0.25) is 9.59 Å². The quantitative estimate of drug-likeness (QED) is 0.394. The Morgan fingerprint density at radius 1 is 1.06 bits per heavy atom. The fourth-order valence-electron chi connectivity index (χ4n) is 4.07. The van der Waals surface area contributed by atoms with Gasteiger partial charge in [-0.25, -0.2) is 0 Å². The third-order valence-corrected chi connectivity index (χ3v) is 6.21. The smallest absolute Gasteiger partial charge is 0.475 e. The molecule has 2 amide bonds. The van der Waals surface area contributed by atoms with Crippen LogP contribution in [0.15, 0.2) is 54.6 Å². The van der Waals surface area contributed by atoms with E-state index in [0.717, 1.165) is 24.2 Å². The number of piperazine rings is 1. The third-order valence-electron chi connectivity index (χ3n) is 6.21. The zero-order chi connectivity index (χ0) is 25.9. The molecular weight excluding hydrogens is 459 g/mol. The van der Waals surface area contributed by atoms with Gasteiger partial charge in [-0.15, -0.1) is 0 Å². The lowest BCUT2D eigenvalue weighted by atomic mass is 9.76. The van der Waals surface area contributed by atoms with Gasteiger partial charge in [0.2, 0.25) is 11.8 Å². The van der Waals surface area contributed by atoms with Crippen LogP contribution >= 0.6 is 0 Å². The summed E-state index contributed by atoms with van der Waals surface area (Å²) in [7, 11) is 0.325. The van der Waals surface area contributed by atoms with Crippen molar-refractivity contribution in [3.63, 3.8) is 0 Å². The van der Waals surface area contributed by atoms with Crippen molar-refractivity contribution in [3.8, 4) is 11.8 Å². The maximum absolute atomic E-state index is 12.8. The zero-order valence-electron chi connectivity index (χ0n) is 20.5. The normalized spacial score (nSPS) is 15.4. The highest BCUT2D eigenvalue weighted by molar-refractivity contribution is 6.43. The van der Waals surface area contributed by atoms with Gasteiger partial charge < -0.3 is 29.9 Å². The molecule has 0 aromatic heterocycles. The monoisotopic (exact) mass is 492 g/mol. The Morgan fingerprint density at radius 2 is 1.75 bits per heavy atom. The number of nitrogens with one attached hydrogen (secondary N) is 1. The highest BCUT2D eigenvalue weighted by atomic mass is 16.5. The molecule has 9 nitrogen and oxygen atoms in total. The molecule has 0 radical (unpaired) electrons. The first-order chi connectivity index (χ1) is 17.4. The Morgan fingerprint density at radius 3 is 2.42 bits per heavy atom. The van der Waals surface area contributed by atoms with Crippen LogP contribution in [-0.2, 0) is 22.4 Å². The number of benzene rings is 2. The van der Waals surface area contributed by atoms with E-state index in [9.17, 15) is 24.9 Å². The van der Waals surface area contributed by atoms with Gasteiger partial charge in [-0.1, -0.05) is 42.5 Å². The molecule has 36 heavy (non-hydrogen) atoms. The maximum Gasteiger partial charge on any atom is 0.475 e. The minimum atomic E-state index is -1.69. The summed E-state index contributed by atoms with van der Waals surface area (Å²) >= 11 is 0. The molecule has 2 aromatic carbocycles. The highest BCUT2D eigenvalue weighted by Gasteiger charge is 2.27. The molecule has 1 unspecified atom stereocenters. The van der Waals surface area contributed by atoms with Crippen molar-refractivity contribution < 1.29 is 24.4 Å². The lowest BCUT2D eigenvalue weighted by molar-refractivity contribution is -0.135. The number of likely N-dealkylation sites (N-methyl/N-ethyl adjacent to an activating group) is 1. The number of amides is 2. The predicted molar refractivity (Wildman–Crippen MR) is 136 cm³/mol. The second-order valence-corrected chi connectivity index (χ2v) is 9.04. The summed E-state index contributed by atoms with van der Waals surface area (Å²) in [6.07, 6.45) is 0.611. The zero-order valence-corrected chi connectivity index (χ0v) is 20.5. The third kappa shape index (κ3) is 8.38. The number of hydrogen-bond acceptors (Lipinski definition) is 7. The highest BCUT2D eigenvalue weighted by Crippen LogP contribution is 2.18. The number of ether oxygens (including phenoxy) is 1. The lowest BCUT2D eigenvalue weighted by Crippen LogP contribution is -2.49. The van der Waals surface area contributed by atoms with E-state index in [1.807, 2.05) is 43.4 Å². The minimum Gasteiger partial charge on any atom is -0.493 e. The maximum atomic E-state index is 12.8. The molecule has 3 rings (SSSR count). The predicted octanol–water partition coefficient (Wildman–Crippen LogP) is 0.651. The second kappa shape index (κ2) is 13.6. The first-order valence-electron chi connectivity index (χ1n) is 12.1. The average Bonchev–Trinajstić information content (AvgIpc) is 2.88. The molecule has 1 aliphatic heterocycles. The Kier molecular flexibility index (Phi) is 10.3. The Balaban J connectivity index is 1.48. The van der Waals surface area contributed by atoms with E-state index in [1.165, 1.54) is 0 Å². The lowest BCUT2D eigenvalue weighted by Gasteiger charge is -2.33. The molecule has 1 aliphatic rings. The summed E-state index contributed by atoms with van der Waals surface area (Å²) in [6, 6.07) is 18.6. The van der Waals surface area contributed by atoms with Crippen molar-refractivity contribution in [2.75, 3.05) is 39.8 Å². The number of nitriles is 1. The van der Waals surface area contributed by atoms with Crippen LogP contribution in [0.2, 0.25) is 0 Å². The molecule has 10 heteroatoms. The van der Waals surface area contributed by atoms with E-state index in [0.29, 0.717) is 25.3 Å². The van der Waals surface area contributed by atoms with Crippen molar-refractivity contribution in [2.45, 2.75) is 25.2 Å². The van der Waals surface area contributed by atoms with Crippen molar-refractivity contribution >= 4 is 18.9 Å². The van der Waals surface area contributed by atoms with Gasteiger partial charge in [0, 0.05) is 26.2 Å². The van der Waals surface area contributed by atoms with Crippen LogP contribution in [-0.4, -0.2) is 84.6 Å². The molecule has 190 valence electrons. The van der Waals surface area contributed by atoms with Crippen LogP contribution in [0.3, 0.4) is 0 Å². The van der Waals surface area contributed by atoms with E-state index in [1.54, 1.807) is 23.1 Å². The first kappa shape index (κ1) is 27.2. The molecular formula is C26H33BN4O5. The van der Waals surface area contributed by atoms with Gasteiger partial charge in [0.1, 0.15) is 11.7 Å². The molecule has 0 aliphatic carbocycles. The van der Waals surface area contributed by atoms with Crippen LogP contribution in [0, 0.1) is 17.2 Å². The summed E-state index contributed by atoms with van der Waals surface area (Å²) in [5, 5.41) is 31.5. The second-order valence-electron chi connectivity index (χ2n) is 9.04. The Bertz CT molecular complexity index is 1040. The summed E-state index contributed by atoms with van der Waals surface area (Å²) in [5.41, 5.74) is 1.68. The summed E-state index contributed by atoms with van der Waals surface area (Å²) in [6.45, 7) is 2.93. The van der Waals surface area contributed by atoms with E-state index < -0.39 is 19.0 Å². The molecule has 1 fully saturated rings. The Labute approximate surface area is 212 Å². The molecule has 1 heterocycles. The van der Waals surface area contributed by atoms with Gasteiger partial charge in [-0.05, 0) is 43.1 Å². The van der Waals surface area contributed by atoms with Crippen LogP contribution < -0.4 is 10.1 Å². The molecule has 3 N–H and O–H groups in total. The number of carbonyl (C=O) groups is 2. The van der Waals surface area contributed by atoms with Crippen molar-refractivity contribution in [3.05, 3.63) is 65.7 Å². The van der Waals surface area contributed by atoms with Crippen LogP contribution in [0.25, 0.3) is 0 Å².